The molecule has 735 valence electrons. The molecule has 11 aromatic carbocycles. The van der Waals surface area contributed by atoms with Crippen molar-refractivity contribution in [3.8, 4) is 107 Å². The molecule has 0 bridgehead atoms. The normalized spacial score (nSPS) is 12.7. The number of aromatic nitrogens is 9. The summed E-state index contributed by atoms with van der Waals surface area (Å²) in [5.41, 5.74) is 37.5. The number of hydrogen-bond donors (Lipinski definition) is 0. The maximum Gasteiger partial charge on any atom is 0.134 e. The summed E-state index contributed by atoms with van der Waals surface area (Å²) in [6.45, 7) is 65.5. The van der Waals surface area contributed by atoms with Crippen molar-refractivity contribution in [2.24, 2.45) is 5.41 Å². The van der Waals surface area contributed by atoms with Gasteiger partial charge in [-0.25, -0.2) is 0 Å². The maximum absolute atomic E-state index is 5.11. The molecule has 138 heavy (non-hydrogen) atoms. The van der Waals surface area contributed by atoms with Crippen LogP contribution in [0.5, 0.6) is 0 Å². The first-order chi connectivity index (χ1) is 64.1. The van der Waals surface area contributed by atoms with E-state index in [1.54, 1.807) is 0 Å². The van der Waals surface area contributed by atoms with Gasteiger partial charge in [0.1, 0.15) is 17.5 Å². The Balaban J connectivity index is 0.000000216. The molecule has 1 fully saturated rings. The molecule has 0 saturated heterocycles. The van der Waals surface area contributed by atoms with E-state index in [0.717, 1.165) is 140 Å². The minimum Gasteiger partial charge on any atom is -0.320 e. The van der Waals surface area contributed by atoms with Crippen LogP contribution >= 0.6 is 0 Å². The molecule has 0 N–H and O–H groups in total. The van der Waals surface area contributed by atoms with Crippen molar-refractivity contribution < 1.29 is 60.3 Å². The third-order valence-corrected chi connectivity index (χ3v) is 28.5. The van der Waals surface area contributed by atoms with Crippen molar-refractivity contribution in [2.45, 2.75) is 349 Å². The number of nitrogens with zero attached hydrogens (tertiary/aromatic N) is 9. The van der Waals surface area contributed by atoms with Crippen LogP contribution in [0.1, 0.15) is 349 Å². The van der Waals surface area contributed by atoms with Gasteiger partial charge in [0, 0.05) is 94.1 Å². The quantitative estimate of drug-likeness (QED) is 0.0476. The van der Waals surface area contributed by atoms with Crippen LogP contribution in [0.3, 0.4) is 0 Å². The van der Waals surface area contributed by atoms with Gasteiger partial charge in [-0.05, 0) is 289 Å². The molecule has 9 nitrogen and oxygen atoms in total. The van der Waals surface area contributed by atoms with Gasteiger partial charge in [0.25, 0.3) is 0 Å². The van der Waals surface area contributed by atoms with Crippen LogP contribution in [-0.2, 0) is 100 Å². The fraction of sp³-hybridized carbons (Fsp3) is 0.429. The Morgan fingerprint density at radius 2 is 0.783 bits per heavy atom. The van der Waals surface area contributed by atoms with E-state index in [1.807, 2.05) is 6.07 Å². The Labute approximate surface area is 872 Å². The van der Waals surface area contributed by atoms with Gasteiger partial charge >= 0.3 is 0 Å². The SMILES string of the molecule is CCC(CC)c1nnc(-c2[c-]ccc(-c3cc(-c4ccc(C(C)(C)C)cc4)cc(-c4ccc(C(C)(C)C)cc4)c3)c2)n1-c1ccc(C)cc1C1CCCCC1.CCCc1cc(CC)ccc1-n1c(-c2[c-]ccc(-c3c(C)cc(C(C)(C)C)cc3C)c2)nnc1C(CCC)(CCC)CCC.Cc1ccc(-n2c(-c3[c-]ccc(-c4cc(C)c(C)c(C)c4)c3)nnc2C(C)(C)CC(C)(C)C)c(C)c1.[Ir].[Ir].[Ir]. The first kappa shape index (κ1) is 111. The summed E-state index contributed by atoms with van der Waals surface area (Å²) in [6, 6.07) is 85.4. The molecule has 15 rings (SSSR count). The van der Waals surface area contributed by atoms with E-state index in [9.17, 15) is 0 Å². The number of aryl methyl sites for hydroxylation is 9. The van der Waals surface area contributed by atoms with E-state index in [-0.39, 0.29) is 92.8 Å². The van der Waals surface area contributed by atoms with E-state index < -0.39 is 0 Å². The molecule has 3 aromatic heterocycles. The van der Waals surface area contributed by atoms with Gasteiger partial charge in [0.05, 0.1) is 17.5 Å². The van der Waals surface area contributed by atoms with E-state index in [0.29, 0.717) is 11.8 Å². The predicted molar refractivity (Wildman–Crippen MR) is 574 cm³/mol. The van der Waals surface area contributed by atoms with Gasteiger partial charge < -0.3 is 13.7 Å². The molecular formula is C126H156Ir3N9-3. The Morgan fingerprint density at radius 3 is 1.24 bits per heavy atom. The van der Waals surface area contributed by atoms with Crippen LogP contribution in [0.4, 0.5) is 0 Å². The Morgan fingerprint density at radius 1 is 0.355 bits per heavy atom. The first-order valence-corrected chi connectivity index (χ1v) is 51.0. The summed E-state index contributed by atoms with van der Waals surface area (Å²) < 4.78 is 7.09. The van der Waals surface area contributed by atoms with Crippen molar-refractivity contribution in [1.82, 2.24) is 44.3 Å². The predicted octanol–water partition coefficient (Wildman–Crippen LogP) is 34.7. The second kappa shape index (κ2) is 47.1. The molecular weight excluding hydrogens is 2220 g/mol. The molecule has 3 radical (unpaired) electrons. The number of benzene rings is 11. The van der Waals surface area contributed by atoms with Crippen LogP contribution in [0.25, 0.3) is 107 Å². The van der Waals surface area contributed by atoms with E-state index >= 15 is 0 Å². The van der Waals surface area contributed by atoms with E-state index in [2.05, 4.69) is 427 Å². The molecule has 1 aliphatic rings. The third kappa shape index (κ3) is 25.6. The molecule has 3 heterocycles. The van der Waals surface area contributed by atoms with Crippen LogP contribution < -0.4 is 0 Å². The fourth-order valence-electron chi connectivity index (χ4n) is 21.4. The topological polar surface area (TPSA) is 92.1 Å². The summed E-state index contributed by atoms with van der Waals surface area (Å²) in [7, 11) is 0. The van der Waals surface area contributed by atoms with Crippen molar-refractivity contribution >= 4 is 0 Å². The standard InChI is InChI=1S/C52H60N3.C41H56N3.C33H40N3.3Ir/c1-10-36(11-2)49-53-54-50(55(49)48-29-20-35(3)30-47(48)39-16-13-12-14-17-39)41-19-15-18-40(31-41)44-33-42(37-21-25-45(26-22-37)51(4,5)6)32-43(34-44)38-23-27-46(28-24-38)52(7,8)9;1-11-17-32-27-31(15-5)20-21-36(32)44-38(42-43-39(44)41(22-12-2,23-13-3)24-14-4)34-19-16-18-33(28-34)37-29(6)25-35(26-30(37)7)40(8,9)10;1-21-14-15-29(24(4)16-21)36-30(34-35-31(36)33(9,10)20-32(6,7)8)27-13-11-12-26(19-27)28-17-22(2)25(5)23(3)18-28;;;/h15,18,20-34,36,39H,10-14,16-17H2,1-9H3;16,18,20-21,25-28H,11-15,17,22-24H2,1-10H3;11-12,14-19H,20H2,1-10H3;;;/q3*-1;;;. The summed E-state index contributed by atoms with van der Waals surface area (Å²) in [6.07, 6.45) is 19.3. The molecule has 0 unspecified atom stereocenters. The summed E-state index contributed by atoms with van der Waals surface area (Å²) in [5, 5.41) is 29.7. The molecule has 1 saturated carbocycles. The van der Waals surface area contributed by atoms with Crippen molar-refractivity contribution in [1.29, 1.82) is 0 Å². The van der Waals surface area contributed by atoms with Gasteiger partial charge in [-0.15, -0.1) is 121 Å². The molecule has 14 aromatic rings. The smallest absolute Gasteiger partial charge is 0.134 e. The van der Waals surface area contributed by atoms with Gasteiger partial charge in [0.2, 0.25) is 0 Å². The minimum absolute atomic E-state index is 0. The second-order valence-electron chi connectivity index (χ2n) is 44.4. The van der Waals surface area contributed by atoms with Crippen LogP contribution in [0.2, 0.25) is 0 Å². The van der Waals surface area contributed by atoms with Crippen LogP contribution in [0, 0.1) is 79.0 Å². The molecule has 0 amide bonds. The van der Waals surface area contributed by atoms with Gasteiger partial charge in [-0.1, -0.05) is 311 Å². The molecule has 0 atom stereocenters. The first-order valence-electron chi connectivity index (χ1n) is 51.0. The number of rotatable bonds is 27. The van der Waals surface area contributed by atoms with Crippen LogP contribution in [0.15, 0.2) is 200 Å². The van der Waals surface area contributed by atoms with E-state index in [1.165, 1.54) is 171 Å². The Bertz CT molecular complexity index is 6290. The molecule has 0 aliphatic heterocycles. The summed E-state index contributed by atoms with van der Waals surface area (Å²) in [5.74, 6) is 6.65. The zero-order valence-electron chi connectivity index (χ0n) is 88.8. The van der Waals surface area contributed by atoms with Crippen molar-refractivity contribution in [3.63, 3.8) is 0 Å². The van der Waals surface area contributed by atoms with Crippen LogP contribution in [-0.4, -0.2) is 44.3 Å². The minimum atomic E-state index is -0.163. The zero-order chi connectivity index (χ0) is 97.4. The van der Waals surface area contributed by atoms with Crippen molar-refractivity contribution in [3.05, 3.63) is 314 Å². The Hall–Kier alpha value is -9.21. The van der Waals surface area contributed by atoms with E-state index in [4.69, 9.17) is 30.6 Å². The van der Waals surface area contributed by atoms with Gasteiger partial charge in [-0.3, -0.25) is 0 Å². The summed E-state index contributed by atoms with van der Waals surface area (Å²) in [4.78, 5) is 0. The largest absolute Gasteiger partial charge is 0.320 e. The fourth-order valence-corrected chi connectivity index (χ4v) is 21.4. The van der Waals surface area contributed by atoms with Gasteiger partial charge in [-0.2, -0.15) is 15.3 Å². The average molecular weight is 2370 g/mol. The molecule has 12 heteroatoms. The zero-order valence-corrected chi connectivity index (χ0v) is 95.9. The summed E-state index contributed by atoms with van der Waals surface area (Å²) >= 11 is 0. The monoisotopic (exact) mass is 2370 g/mol. The van der Waals surface area contributed by atoms with Crippen molar-refractivity contribution in [2.75, 3.05) is 0 Å². The second-order valence-corrected chi connectivity index (χ2v) is 44.4. The molecule has 0 spiro atoms. The average Bonchev–Trinajstić information content (AvgIpc) is 1.59. The Kier molecular flexibility index (Phi) is 37.8. The molecule has 1 aliphatic carbocycles. The number of hydrogen-bond acceptors (Lipinski definition) is 6. The maximum atomic E-state index is 5.11. The van der Waals surface area contributed by atoms with Gasteiger partial charge in [0.15, 0.2) is 0 Å². The third-order valence-electron chi connectivity index (χ3n) is 28.5.